The van der Waals surface area contributed by atoms with Crippen LogP contribution in [-0.2, 0) is 23.9 Å². The van der Waals surface area contributed by atoms with Crippen molar-refractivity contribution in [3.8, 4) is 11.1 Å². The molecule has 1 aliphatic carbocycles. The van der Waals surface area contributed by atoms with E-state index in [0.29, 0.717) is 6.42 Å². The van der Waals surface area contributed by atoms with E-state index in [2.05, 4.69) is 28.1 Å². The van der Waals surface area contributed by atoms with Crippen molar-refractivity contribution in [2.75, 3.05) is 26.3 Å². The summed E-state index contributed by atoms with van der Waals surface area (Å²) in [6, 6.07) is 15.4. The molecule has 0 saturated carbocycles. The van der Waals surface area contributed by atoms with Gasteiger partial charge in [-0.3, -0.25) is 14.4 Å². The summed E-state index contributed by atoms with van der Waals surface area (Å²) in [5.74, 6) is -2.49. The molecule has 2 unspecified atom stereocenters. The van der Waals surface area contributed by atoms with Gasteiger partial charge in [-0.15, -0.1) is 0 Å². The normalized spacial score (nSPS) is 18.5. The van der Waals surface area contributed by atoms with E-state index in [-0.39, 0.29) is 19.1 Å². The minimum atomic E-state index is -1.19. The maximum atomic E-state index is 12.5. The highest BCUT2D eigenvalue weighted by molar-refractivity contribution is 5.89. The van der Waals surface area contributed by atoms with Gasteiger partial charge in [0, 0.05) is 12.5 Å². The van der Waals surface area contributed by atoms with Crippen LogP contribution in [0.15, 0.2) is 48.5 Å². The van der Waals surface area contributed by atoms with Crippen LogP contribution in [0.25, 0.3) is 11.1 Å². The van der Waals surface area contributed by atoms with Crippen molar-refractivity contribution in [1.29, 1.82) is 0 Å². The molecule has 10 heteroatoms. The number of hydrogen-bond acceptors (Lipinski definition) is 6. The Hall–Kier alpha value is -3.92. The number of rotatable bonds is 8. The molecule has 4 rings (SSSR count). The first-order valence-electron chi connectivity index (χ1n) is 10.9. The molecule has 4 N–H and O–H groups in total. The number of nitrogens with one attached hydrogen (secondary N) is 3. The van der Waals surface area contributed by atoms with Crippen molar-refractivity contribution in [3.63, 3.8) is 0 Å². The summed E-state index contributed by atoms with van der Waals surface area (Å²) in [4.78, 5) is 47.0. The average Bonchev–Trinajstić information content (AvgIpc) is 3.42. The first-order chi connectivity index (χ1) is 16.4. The lowest BCUT2D eigenvalue weighted by Gasteiger charge is -2.20. The molecule has 178 valence electrons. The van der Waals surface area contributed by atoms with Crippen LogP contribution in [0.4, 0.5) is 4.79 Å². The second kappa shape index (κ2) is 10.3. The van der Waals surface area contributed by atoms with Crippen molar-refractivity contribution in [3.05, 3.63) is 59.7 Å². The van der Waals surface area contributed by atoms with Gasteiger partial charge in [0.2, 0.25) is 5.91 Å². The van der Waals surface area contributed by atoms with E-state index >= 15 is 0 Å². The molecular weight excluding hydrogens is 442 g/mol. The molecule has 2 atom stereocenters. The third-order valence-corrected chi connectivity index (χ3v) is 5.86. The second-order valence-electron chi connectivity index (χ2n) is 8.04. The first kappa shape index (κ1) is 23.2. The number of carboxylic acid groups (broad SMARTS) is 1. The lowest BCUT2D eigenvalue weighted by molar-refractivity contribution is -0.138. The minimum absolute atomic E-state index is 0.0820. The number of amides is 3. The molecular formula is C24H25N3O7. The van der Waals surface area contributed by atoms with Crippen LogP contribution < -0.4 is 16.0 Å². The van der Waals surface area contributed by atoms with E-state index in [1.807, 2.05) is 36.4 Å². The fourth-order valence-corrected chi connectivity index (χ4v) is 4.29. The number of ether oxygens (including phenoxy) is 2. The Kier molecular flexibility index (Phi) is 7.07. The Labute approximate surface area is 195 Å². The largest absolute Gasteiger partial charge is 0.480 e. The van der Waals surface area contributed by atoms with Gasteiger partial charge in [0.25, 0.3) is 5.91 Å². The second-order valence-corrected chi connectivity index (χ2v) is 8.04. The highest BCUT2D eigenvalue weighted by Gasteiger charge is 2.36. The molecule has 0 aromatic heterocycles. The molecule has 1 aliphatic heterocycles. The first-order valence-corrected chi connectivity index (χ1v) is 10.9. The highest BCUT2D eigenvalue weighted by Crippen LogP contribution is 2.44. The number of alkyl carbamates (subject to hydrolysis) is 1. The third-order valence-electron chi connectivity index (χ3n) is 5.86. The van der Waals surface area contributed by atoms with E-state index in [4.69, 9.17) is 14.6 Å². The Morgan fingerprint density at radius 3 is 2.24 bits per heavy atom. The number of benzene rings is 2. The van der Waals surface area contributed by atoms with Crippen LogP contribution in [0.1, 0.15) is 23.5 Å². The zero-order valence-electron chi connectivity index (χ0n) is 18.3. The predicted molar refractivity (Wildman–Crippen MR) is 120 cm³/mol. The zero-order valence-corrected chi connectivity index (χ0v) is 18.3. The fraction of sp³-hybridized carbons (Fsp3) is 0.333. The SMILES string of the molecule is O=C(O)CNC(=O)CNC(=O)C1OCCC1NC(=O)OCC1c2ccccc2-c2ccccc21. The average molecular weight is 467 g/mol. The van der Waals surface area contributed by atoms with E-state index in [1.54, 1.807) is 0 Å². The van der Waals surface area contributed by atoms with Crippen molar-refractivity contribution >= 4 is 23.9 Å². The Bertz CT molecular complexity index is 1060. The molecule has 34 heavy (non-hydrogen) atoms. The van der Waals surface area contributed by atoms with Crippen LogP contribution in [0.3, 0.4) is 0 Å². The molecule has 1 saturated heterocycles. The standard InChI is InChI=1S/C24H25N3O7/c28-20(25-12-21(29)30)11-26-23(31)22-19(9-10-33-22)27-24(32)34-13-18-16-7-3-1-5-14(16)15-6-2-4-8-17(15)18/h1-8,18-19,22H,9-13H2,(H,25,28)(H,26,31)(H,27,32)(H,29,30). The number of carbonyl (C=O) groups excluding carboxylic acids is 3. The molecule has 2 aromatic carbocycles. The Morgan fingerprint density at radius 1 is 0.941 bits per heavy atom. The van der Waals surface area contributed by atoms with Crippen LogP contribution in [0.2, 0.25) is 0 Å². The molecule has 2 aromatic rings. The van der Waals surface area contributed by atoms with Gasteiger partial charge in [0.05, 0.1) is 12.6 Å². The molecule has 3 amide bonds. The summed E-state index contributed by atoms with van der Waals surface area (Å²) in [7, 11) is 0. The number of aliphatic carboxylic acids is 1. The predicted octanol–water partition coefficient (Wildman–Crippen LogP) is 1.000. The van der Waals surface area contributed by atoms with Gasteiger partial charge in [-0.1, -0.05) is 48.5 Å². The molecule has 1 fully saturated rings. The van der Waals surface area contributed by atoms with E-state index in [0.717, 1.165) is 22.3 Å². The smallest absolute Gasteiger partial charge is 0.407 e. The van der Waals surface area contributed by atoms with Gasteiger partial charge < -0.3 is 30.5 Å². The molecule has 2 aliphatic rings. The Morgan fingerprint density at radius 2 is 1.59 bits per heavy atom. The maximum Gasteiger partial charge on any atom is 0.407 e. The van der Waals surface area contributed by atoms with Crippen LogP contribution in [0.5, 0.6) is 0 Å². The summed E-state index contributed by atoms with van der Waals surface area (Å²) in [6.45, 7) is -0.532. The molecule has 10 nitrogen and oxygen atoms in total. The number of carbonyl (C=O) groups is 4. The van der Waals surface area contributed by atoms with Gasteiger partial charge in [-0.25, -0.2) is 4.79 Å². The molecule has 0 radical (unpaired) electrons. The highest BCUT2D eigenvalue weighted by atomic mass is 16.6. The Balaban J connectivity index is 1.30. The lowest BCUT2D eigenvalue weighted by atomic mass is 9.98. The van der Waals surface area contributed by atoms with Crippen molar-refractivity contribution in [2.45, 2.75) is 24.5 Å². The summed E-state index contributed by atoms with van der Waals surface area (Å²) in [6.07, 6.45) is -1.23. The summed E-state index contributed by atoms with van der Waals surface area (Å²) in [5.41, 5.74) is 4.44. The van der Waals surface area contributed by atoms with Crippen LogP contribution in [-0.4, -0.2) is 67.4 Å². The number of hydrogen-bond donors (Lipinski definition) is 4. The van der Waals surface area contributed by atoms with Crippen LogP contribution >= 0.6 is 0 Å². The monoisotopic (exact) mass is 467 g/mol. The summed E-state index contributed by atoms with van der Waals surface area (Å²) in [5, 5.41) is 15.8. The fourth-order valence-electron chi connectivity index (χ4n) is 4.29. The third kappa shape index (κ3) is 5.18. The summed E-state index contributed by atoms with van der Waals surface area (Å²) >= 11 is 0. The number of carboxylic acids is 1. The van der Waals surface area contributed by atoms with Gasteiger partial charge in [0.1, 0.15) is 13.2 Å². The van der Waals surface area contributed by atoms with Gasteiger partial charge in [-0.05, 0) is 28.7 Å². The van der Waals surface area contributed by atoms with Crippen molar-refractivity contribution < 1.29 is 33.8 Å². The minimum Gasteiger partial charge on any atom is -0.480 e. The van der Waals surface area contributed by atoms with Gasteiger partial charge in [0.15, 0.2) is 6.10 Å². The van der Waals surface area contributed by atoms with E-state index in [1.165, 1.54) is 0 Å². The van der Waals surface area contributed by atoms with Gasteiger partial charge in [-0.2, -0.15) is 0 Å². The van der Waals surface area contributed by atoms with Gasteiger partial charge >= 0.3 is 12.1 Å². The van der Waals surface area contributed by atoms with E-state index < -0.39 is 49.1 Å². The van der Waals surface area contributed by atoms with Crippen LogP contribution in [0, 0.1) is 0 Å². The molecule has 0 bridgehead atoms. The summed E-state index contributed by atoms with van der Waals surface area (Å²) < 4.78 is 10.9. The zero-order chi connectivity index (χ0) is 24.1. The number of fused-ring (bicyclic) bond motifs is 3. The van der Waals surface area contributed by atoms with Crippen molar-refractivity contribution in [1.82, 2.24) is 16.0 Å². The quantitative estimate of drug-likeness (QED) is 0.454. The molecule has 1 heterocycles. The maximum absolute atomic E-state index is 12.5. The lowest BCUT2D eigenvalue weighted by Crippen LogP contribution is -2.50. The topological polar surface area (TPSA) is 143 Å². The molecule has 0 spiro atoms. The van der Waals surface area contributed by atoms with Crippen molar-refractivity contribution in [2.24, 2.45) is 0 Å². The van der Waals surface area contributed by atoms with E-state index in [9.17, 15) is 19.2 Å².